The van der Waals surface area contributed by atoms with Crippen LogP contribution >= 0.6 is 11.9 Å². The molecule has 0 aliphatic carbocycles. The maximum Gasteiger partial charge on any atom is 0.305 e. The van der Waals surface area contributed by atoms with Crippen molar-refractivity contribution >= 4 is 17.6 Å². The predicted molar refractivity (Wildman–Crippen MR) is 144 cm³/mol. The standard InChI is InChI=1S/C30H28N2O3S/c1-33-26-14-12-25(13-15-26)31-18-20-32(21-19-31)36-27-16-17-28-29(22-27)35-30(34-28,23-8-4-2-5-9-23)24-10-6-3-7-11-24/h2-17,22H,18-21H2,1H3. The van der Waals surface area contributed by atoms with Gasteiger partial charge in [-0.2, -0.15) is 0 Å². The molecular formula is C30H28N2O3S. The van der Waals surface area contributed by atoms with Crippen molar-refractivity contribution in [1.82, 2.24) is 4.31 Å². The van der Waals surface area contributed by atoms with Crippen molar-refractivity contribution in [2.45, 2.75) is 10.7 Å². The Bertz CT molecular complexity index is 1270. The zero-order valence-electron chi connectivity index (χ0n) is 20.2. The van der Waals surface area contributed by atoms with Crippen molar-refractivity contribution in [1.29, 1.82) is 0 Å². The van der Waals surface area contributed by atoms with Crippen molar-refractivity contribution in [3.8, 4) is 17.2 Å². The van der Waals surface area contributed by atoms with Gasteiger partial charge in [0.25, 0.3) is 0 Å². The molecule has 0 amide bonds. The Morgan fingerprint density at radius 2 is 1.31 bits per heavy atom. The SMILES string of the molecule is COc1ccc(N2CCN(Sc3ccc4c(c3)OC(c3ccccc3)(c3ccccc3)O4)CC2)cc1. The number of nitrogens with zero attached hydrogens (tertiary/aromatic N) is 2. The number of hydrogen-bond donors (Lipinski definition) is 0. The van der Waals surface area contributed by atoms with Crippen molar-refractivity contribution in [3.63, 3.8) is 0 Å². The quantitative estimate of drug-likeness (QED) is 0.296. The van der Waals surface area contributed by atoms with Gasteiger partial charge in [-0.3, -0.25) is 0 Å². The summed E-state index contributed by atoms with van der Waals surface area (Å²) in [5.74, 6) is 1.43. The van der Waals surface area contributed by atoms with E-state index in [0.717, 1.165) is 59.4 Å². The topological polar surface area (TPSA) is 34.2 Å². The molecular weight excluding hydrogens is 468 g/mol. The summed E-state index contributed by atoms with van der Waals surface area (Å²) >= 11 is 1.78. The highest BCUT2D eigenvalue weighted by Gasteiger charge is 2.45. The lowest BCUT2D eigenvalue weighted by molar-refractivity contribution is -0.0459. The average Bonchev–Trinajstić information content (AvgIpc) is 3.35. The van der Waals surface area contributed by atoms with E-state index in [1.54, 1.807) is 19.1 Å². The molecule has 0 spiro atoms. The van der Waals surface area contributed by atoms with E-state index in [-0.39, 0.29) is 0 Å². The van der Waals surface area contributed by atoms with Crippen LogP contribution in [-0.4, -0.2) is 37.6 Å². The minimum absolute atomic E-state index is 0.761. The summed E-state index contributed by atoms with van der Waals surface area (Å²) in [5.41, 5.74) is 3.18. The van der Waals surface area contributed by atoms with Crippen LogP contribution in [0.1, 0.15) is 11.1 Å². The first-order chi connectivity index (χ1) is 17.7. The number of benzene rings is 4. The minimum Gasteiger partial charge on any atom is -0.497 e. The summed E-state index contributed by atoms with van der Waals surface area (Å²) < 4.78 is 20.8. The van der Waals surface area contributed by atoms with Gasteiger partial charge in [0.05, 0.1) is 7.11 Å². The zero-order valence-corrected chi connectivity index (χ0v) is 21.0. The third kappa shape index (κ3) is 4.38. The molecule has 0 unspecified atom stereocenters. The molecule has 6 heteroatoms. The van der Waals surface area contributed by atoms with Gasteiger partial charge < -0.3 is 19.1 Å². The van der Waals surface area contributed by atoms with Crippen LogP contribution in [0, 0.1) is 0 Å². The Kier molecular flexibility index (Phi) is 6.21. The maximum atomic E-state index is 6.62. The van der Waals surface area contributed by atoms with E-state index in [9.17, 15) is 0 Å². The Hall–Kier alpha value is -3.61. The van der Waals surface area contributed by atoms with Crippen LogP contribution in [0.4, 0.5) is 5.69 Å². The Labute approximate surface area is 216 Å². The lowest BCUT2D eigenvalue weighted by atomic mass is 9.97. The second kappa shape index (κ2) is 9.80. The molecule has 6 rings (SSSR count). The average molecular weight is 497 g/mol. The van der Waals surface area contributed by atoms with Crippen LogP contribution in [0.5, 0.6) is 17.2 Å². The first kappa shape index (κ1) is 22.8. The smallest absolute Gasteiger partial charge is 0.305 e. The van der Waals surface area contributed by atoms with Gasteiger partial charge in [0.2, 0.25) is 0 Å². The largest absolute Gasteiger partial charge is 0.497 e. The third-order valence-electron chi connectivity index (χ3n) is 6.64. The summed E-state index contributed by atoms with van der Waals surface area (Å²) in [5, 5.41) is 0. The minimum atomic E-state index is -0.988. The van der Waals surface area contributed by atoms with Gasteiger partial charge >= 0.3 is 5.79 Å². The number of fused-ring (bicyclic) bond motifs is 1. The van der Waals surface area contributed by atoms with Crippen LogP contribution < -0.4 is 19.1 Å². The van der Waals surface area contributed by atoms with E-state index in [1.807, 2.05) is 54.6 Å². The molecule has 0 atom stereocenters. The van der Waals surface area contributed by atoms with Gasteiger partial charge in [-0.25, -0.2) is 4.31 Å². The molecule has 2 heterocycles. The highest BCUT2D eigenvalue weighted by molar-refractivity contribution is 7.97. The van der Waals surface area contributed by atoms with Crippen molar-refractivity contribution in [2.24, 2.45) is 0 Å². The monoisotopic (exact) mass is 496 g/mol. The molecule has 1 saturated heterocycles. The van der Waals surface area contributed by atoms with Crippen LogP contribution in [0.25, 0.3) is 0 Å². The second-order valence-electron chi connectivity index (χ2n) is 8.87. The number of methoxy groups -OCH3 is 1. The fraction of sp³-hybridized carbons (Fsp3) is 0.200. The first-order valence-electron chi connectivity index (χ1n) is 12.2. The molecule has 0 saturated carbocycles. The van der Waals surface area contributed by atoms with Crippen molar-refractivity contribution in [3.05, 3.63) is 114 Å². The zero-order chi connectivity index (χ0) is 24.4. The Morgan fingerprint density at radius 3 is 1.92 bits per heavy atom. The molecule has 2 aliphatic rings. The van der Waals surface area contributed by atoms with Crippen LogP contribution in [0.2, 0.25) is 0 Å². The summed E-state index contributed by atoms with van der Waals surface area (Å²) in [6.45, 7) is 3.91. The second-order valence-corrected chi connectivity index (χ2v) is 10.0. The van der Waals surface area contributed by atoms with Crippen LogP contribution in [0.3, 0.4) is 0 Å². The molecule has 36 heavy (non-hydrogen) atoms. The van der Waals surface area contributed by atoms with E-state index in [1.165, 1.54) is 5.69 Å². The van der Waals surface area contributed by atoms with Crippen LogP contribution in [0.15, 0.2) is 108 Å². The van der Waals surface area contributed by atoms with E-state index in [2.05, 4.69) is 57.7 Å². The number of anilines is 1. The number of ether oxygens (including phenoxy) is 3. The molecule has 4 aromatic rings. The fourth-order valence-corrected chi connectivity index (χ4v) is 5.67. The molecule has 182 valence electrons. The molecule has 1 fully saturated rings. The van der Waals surface area contributed by atoms with E-state index < -0.39 is 5.79 Å². The molecule has 0 bridgehead atoms. The molecule has 0 aromatic heterocycles. The highest BCUT2D eigenvalue weighted by Crippen LogP contribution is 2.49. The van der Waals surface area contributed by atoms with Crippen molar-refractivity contribution in [2.75, 3.05) is 38.2 Å². The van der Waals surface area contributed by atoms with Crippen LogP contribution in [-0.2, 0) is 5.79 Å². The fourth-order valence-electron chi connectivity index (χ4n) is 4.74. The third-order valence-corrected chi connectivity index (χ3v) is 7.73. The number of hydrogen-bond acceptors (Lipinski definition) is 6. The molecule has 0 radical (unpaired) electrons. The molecule has 5 nitrogen and oxygen atoms in total. The highest BCUT2D eigenvalue weighted by atomic mass is 32.2. The van der Waals surface area contributed by atoms with Gasteiger partial charge in [0.1, 0.15) is 5.75 Å². The lowest BCUT2D eigenvalue weighted by Crippen LogP contribution is -2.43. The predicted octanol–water partition coefficient (Wildman–Crippen LogP) is 6.20. The lowest BCUT2D eigenvalue weighted by Gasteiger charge is -2.35. The van der Waals surface area contributed by atoms with Gasteiger partial charge in [-0.05, 0) is 54.4 Å². The van der Waals surface area contributed by atoms with E-state index in [4.69, 9.17) is 14.2 Å². The Morgan fingerprint density at radius 1 is 0.694 bits per heavy atom. The van der Waals surface area contributed by atoms with Gasteiger partial charge in [-0.15, -0.1) is 0 Å². The summed E-state index contributed by atoms with van der Waals surface area (Å²) in [4.78, 5) is 3.57. The molecule has 2 aliphatic heterocycles. The first-order valence-corrected chi connectivity index (χ1v) is 13.0. The molecule has 4 aromatic carbocycles. The summed E-state index contributed by atoms with van der Waals surface area (Å²) in [6, 6.07) is 34.8. The maximum absolute atomic E-state index is 6.62. The van der Waals surface area contributed by atoms with Gasteiger partial charge in [0.15, 0.2) is 11.5 Å². The Balaban J connectivity index is 1.16. The van der Waals surface area contributed by atoms with E-state index in [0.29, 0.717) is 0 Å². The summed E-state index contributed by atoms with van der Waals surface area (Å²) in [6.07, 6.45) is 0. The number of rotatable bonds is 6. The normalized spacial score (nSPS) is 16.6. The van der Waals surface area contributed by atoms with Gasteiger partial charge in [0, 0.05) is 47.9 Å². The van der Waals surface area contributed by atoms with Crippen molar-refractivity contribution < 1.29 is 14.2 Å². The molecule has 0 N–H and O–H groups in total. The van der Waals surface area contributed by atoms with E-state index >= 15 is 0 Å². The summed E-state index contributed by atoms with van der Waals surface area (Å²) in [7, 11) is 1.70. The number of piperazine rings is 1. The van der Waals surface area contributed by atoms with Gasteiger partial charge in [-0.1, -0.05) is 60.7 Å².